The van der Waals surface area contributed by atoms with E-state index in [2.05, 4.69) is 10.3 Å². The number of piperazine rings is 1. The molecule has 1 aromatic carbocycles. The molecule has 2 heterocycles. The van der Waals surface area contributed by atoms with Crippen LogP contribution in [0.5, 0.6) is 5.75 Å². The van der Waals surface area contributed by atoms with E-state index in [0.717, 1.165) is 0 Å². The highest BCUT2D eigenvalue weighted by atomic mass is 35.5. The first-order valence-electron chi connectivity index (χ1n) is 8.79. The zero-order valence-corrected chi connectivity index (χ0v) is 15.9. The van der Waals surface area contributed by atoms with Gasteiger partial charge in [-0.1, -0.05) is 11.6 Å². The Morgan fingerprint density at radius 1 is 1.11 bits per heavy atom. The number of amides is 2. The molecule has 0 saturated carbocycles. The third-order valence-corrected chi connectivity index (χ3v) is 4.49. The molecule has 148 valence electrons. The van der Waals surface area contributed by atoms with Gasteiger partial charge in [0.25, 0.3) is 5.91 Å². The summed E-state index contributed by atoms with van der Waals surface area (Å²) in [7, 11) is 0. The van der Waals surface area contributed by atoms with Crippen molar-refractivity contribution in [2.45, 2.75) is 0 Å². The summed E-state index contributed by atoms with van der Waals surface area (Å²) in [6, 6.07) is 8.82. The van der Waals surface area contributed by atoms with Gasteiger partial charge in [-0.05, 0) is 36.4 Å². The van der Waals surface area contributed by atoms with Crippen LogP contribution in [0.1, 0.15) is 0 Å². The maximum absolute atomic E-state index is 12.9. The van der Waals surface area contributed by atoms with E-state index in [9.17, 15) is 14.0 Å². The molecule has 2 aromatic rings. The number of aromatic nitrogens is 1. The summed E-state index contributed by atoms with van der Waals surface area (Å²) in [5.74, 6) is 0.223. The molecule has 0 atom stereocenters. The standard InChI is InChI=1S/C19H20ClFN4O3/c20-14-1-6-17(22-11-14)23-18(26)12-24-7-9-25(10-8-24)19(27)13-28-16-4-2-15(21)3-5-16/h1-6,11H,7-10,12-13H2,(H,22,23,26). The van der Waals surface area contributed by atoms with Gasteiger partial charge >= 0.3 is 0 Å². The number of rotatable bonds is 6. The van der Waals surface area contributed by atoms with E-state index in [1.54, 1.807) is 17.0 Å². The lowest BCUT2D eigenvalue weighted by atomic mass is 10.3. The summed E-state index contributed by atoms with van der Waals surface area (Å²) in [6.45, 7) is 2.32. The Balaban J connectivity index is 1.38. The van der Waals surface area contributed by atoms with Crippen LogP contribution >= 0.6 is 11.6 Å². The van der Waals surface area contributed by atoms with Gasteiger partial charge in [0.1, 0.15) is 17.4 Å². The molecule has 0 aliphatic carbocycles. The van der Waals surface area contributed by atoms with Crippen LogP contribution in [0.2, 0.25) is 5.02 Å². The molecule has 1 aliphatic rings. The van der Waals surface area contributed by atoms with Gasteiger partial charge in [0.15, 0.2) is 6.61 Å². The highest BCUT2D eigenvalue weighted by Gasteiger charge is 2.22. The largest absolute Gasteiger partial charge is 0.484 e. The van der Waals surface area contributed by atoms with Crippen LogP contribution < -0.4 is 10.1 Å². The van der Waals surface area contributed by atoms with Crippen LogP contribution in [-0.2, 0) is 9.59 Å². The minimum atomic E-state index is -0.356. The van der Waals surface area contributed by atoms with E-state index in [1.807, 2.05) is 4.90 Å². The van der Waals surface area contributed by atoms with Crippen molar-refractivity contribution in [1.82, 2.24) is 14.8 Å². The number of hydrogen-bond donors (Lipinski definition) is 1. The number of halogens is 2. The second kappa shape index (κ2) is 9.48. The van der Waals surface area contributed by atoms with E-state index < -0.39 is 0 Å². The fourth-order valence-electron chi connectivity index (χ4n) is 2.76. The Morgan fingerprint density at radius 3 is 2.46 bits per heavy atom. The molecule has 1 aromatic heterocycles. The van der Waals surface area contributed by atoms with Crippen LogP contribution in [0.25, 0.3) is 0 Å². The van der Waals surface area contributed by atoms with Crippen molar-refractivity contribution < 1.29 is 18.7 Å². The molecule has 9 heteroatoms. The third kappa shape index (κ3) is 5.90. The van der Waals surface area contributed by atoms with E-state index in [1.165, 1.54) is 30.5 Å². The third-order valence-electron chi connectivity index (χ3n) is 4.26. The summed E-state index contributed by atoms with van der Waals surface area (Å²) >= 11 is 5.77. The molecular formula is C19H20ClFN4O3. The number of anilines is 1. The zero-order chi connectivity index (χ0) is 19.9. The van der Waals surface area contributed by atoms with Gasteiger partial charge in [-0.3, -0.25) is 14.5 Å². The van der Waals surface area contributed by atoms with Crippen molar-refractivity contribution in [2.75, 3.05) is 44.6 Å². The van der Waals surface area contributed by atoms with Crippen molar-refractivity contribution in [2.24, 2.45) is 0 Å². The van der Waals surface area contributed by atoms with Crippen LogP contribution in [0.4, 0.5) is 10.2 Å². The van der Waals surface area contributed by atoms with E-state index in [4.69, 9.17) is 16.3 Å². The summed E-state index contributed by atoms with van der Waals surface area (Å²) in [5.41, 5.74) is 0. The van der Waals surface area contributed by atoms with E-state index in [-0.39, 0.29) is 30.8 Å². The fourth-order valence-corrected chi connectivity index (χ4v) is 2.87. The molecule has 1 aliphatic heterocycles. The number of nitrogens with zero attached hydrogens (tertiary/aromatic N) is 3. The average molecular weight is 407 g/mol. The Morgan fingerprint density at radius 2 is 1.82 bits per heavy atom. The summed E-state index contributed by atoms with van der Waals surface area (Å²) in [4.78, 5) is 32.0. The van der Waals surface area contributed by atoms with Gasteiger partial charge in [-0.15, -0.1) is 0 Å². The van der Waals surface area contributed by atoms with Crippen LogP contribution in [-0.4, -0.2) is 65.9 Å². The number of benzene rings is 1. The number of carbonyl (C=O) groups excluding carboxylic acids is 2. The molecule has 0 spiro atoms. The maximum Gasteiger partial charge on any atom is 0.260 e. The topological polar surface area (TPSA) is 74.8 Å². The first-order chi connectivity index (χ1) is 13.5. The predicted octanol–water partition coefficient (Wildman–Crippen LogP) is 2.04. The maximum atomic E-state index is 12.9. The fraction of sp³-hybridized carbons (Fsp3) is 0.316. The zero-order valence-electron chi connectivity index (χ0n) is 15.1. The number of carbonyl (C=O) groups is 2. The monoisotopic (exact) mass is 406 g/mol. The number of pyridine rings is 1. The normalized spacial score (nSPS) is 14.6. The molecule has 1 fully saturated rings. The molecular weight excluding hydrogens is 387 g/mol. The molecule has 0 radical (unpaired) electrons. The molecule has 28 heavy (non-hydrogen) atoms. The highest BCUT2D eigenvalue weighted by Crippen LogP contribution is 2.12. The van der Waals surface area contributed by atoms with E-state index >= 15 is 0 Å². The first kappa shape index (κ1) is 20.0. The average Bonchev–Trinajstić information content (AvgIpc) is 2.69. The predicted molar refractivity (Wildman–Crippen MR) is 103 cm³/mol. The van der Waals surface area contributed by atoms with Gasteiger partial charge in [-0.25, -0.2) is 9.37 Å². The van der Waals surface area contributed by atoms with Gasteiger partial charge in [0, 0.05) is 32.4 Å². The molecule has 3 rings (SSSR count). The van der Waals surface area contributed by atoms with Crippen LogP contribution in [0, 0.1) is 5.82 Å². The number of hydrogen-bond acceptors (Lipinski definition) is 5. The summed E-state index contributed by atoms with van der Waals surface area (Å²) in [6.07, 6.45) is 1.47. The summed E-state index contributed by atoms with van der Waals surface area (Å²) in [5, 5.41) is 3.22. The van der Waals surface area contributed by atoms with Gasteiger partial charge in [0.2, 0.25) is 5.91 Å². The first-order valence-corrected chi connectivity index (χ1v) is 9.17. The smallest absolute Gasteiger partial charge is 0.260 e. The Labute approximate surface area is 167 Å². The molecule has 7 nitrogen and oxygen atoms in total. The van der Waals surface area contributed by atoms with Crippen LogP contribution in [0.15, 0.2) is 42.6 Å². The van der Waals surface area contributed by atoms with E-state index in [0.29, 0.717) is 42.8 Å². The number of ether oxygens (including phenoxy) is 1. The molecule has 1 saturated heterocycles. The second-order valence-corrected chi connectivity index (χ2v) is 6.75. The lowest BCUT2D eigenvalue weighted by molar-refractivity contribution is -0.135. The van der Waals surface area contributed by atoms with Crippen molar-refractivity contribution in [1.29, 1.82) is 0 Å². The Bertz CT molecular complexity index is 809. The quantitative estimate of drug-likeness (QED) is 0.794. The Hall–Kier alpha value is -2.71. The van der Waals surface area contributed by atoms with Crippen molar-refractivity contribution >= 4 is 29.2 Å². The van der Waals surface area contributed by atoms with Gasteiger partial charge in [-0.2, -0.15) is 0 Å². The van der Waals surface area contributed by atoms with Crippen molar-refractivity contribution in [3.63, 3.8) is 0 Å². The number of nitrogens with one attached hydrogen (secondary N) is 1. The highest BCUT2D eigenvalue weighted by molar-refractivity contribution is 6.30. The minimum absolute atomic E-state index is 0.103. The molecule has 0 unspecified atom stereocenters. The second-order valence-electron chi connectivity index (χ2n) is 6.31. The minimum Gasteiger partial charge on any atom is -0.484 e. The lowest BCUT2D eigenvalue weighted by Gasteiger charge is -2.34. The molecule has 2 amide bonds. The van der Waals surface area contributed by atoms with Crippen molar-refractivity contribution in [3.8, 4) is 5.75 Å². The van der Waals surface area contributed by atoms with Crippen molar-refractivity contribution in [3.05, 3.63) is 53.4 Å². The van der Waals surface area contributed by atoms with Gasteiger partial charge < -0.3 is 15.0 Å². The van der Waals surface area contributed by atoms with Gasteiger partial charge in [0.05, 0.1) is 11.6 Å². The summed E-state index contributed by atoms with van der Waals surface area (Å²) < 4.78 is 18.3. The SMILES string of the molecule is O=C(CN1CCN(C(=O)COc2ccc(F)cc2)CC1)Nc1ccc(Cl)cn1. The Kier molecular flexibility index (Phi) is 6.78. The van der Waals surface area contributed by atoms with Crippen LogP contribution in [0.3, 0.4) is 0 Å². The lowest BCUT2D eigenvalue weighted by Crippen LogP contribution is -2.51. The molecule has 0 bridgehead atoms. The molecule has 1 N–H and O–H groups in total.